The van der Waals surface area contributed by atoms with E-state index in [0.717, 1.165) is 22.1 Å². The molecule has 2 N–H and O–H groups in total. The van der Waals surface area contributed by atoms with Crippen molar-refractivity contribution in [3.63, 3.8) is 0 Å². The molecule has 0 spiro atoms. The molecule has 0 radical (unpaired) electrons. The predicted octanol–water partition coefficient (Wildman–Crippen LogP) is 3.53. The molecule has 0 saturated heterocycles. The Hall–Kier alpha value is -1.52. The van der Waals surface area contributed by atoms with E-state index in [4.69, 9.17) is 4.74 Å². The van der Waals surface area contributed by atoms with Gasteiger partial charge in [-0.2, -0.15) is 0 Å². The number of nitrogens with one attached hydrogen (secondary N) is 1. The van der Waals surface area contributed by atoms with Crippen LogP contribution in [0.2, 0.25) is 0 Å². The van der Waals surface area contributed by atoms with Crippen LogP contribution in [0.25, 0.3) is 0 Å². The summed E-state index contributed by atoms with van der Waals surface area (Å²) < 4.78 is 6.28. The summed E-state index contributed by atoms with van der Waals surface area (Å²) in [4.78, 5) is 0. The molecule has 0 amide bonds. The summed E-state index contributed by atoms with van der Waals surface area (Å²) in [6.07, 6.45) is 0.197. The Kier molecular flexibility index (Phi) is 3.68. The quantitative estimate of drug-likeness (QED) is 0.902. The molecule has 0 fully saturated rings. The third-order valence-corrected chi connectivity index (χ3v) is 4.18. The fraction of sp³-hybridized carbons (Fsp3) is 0.250. The fourth-order valence-electron chi connectivity index (χ4n) is 2.67. The highest BCUT2D eigenvalue weighted by molar-refractivity contribution is 9.10. The first kappa shape index (κ1) is 13.5. The van der Waals surface area contributed by atoms with Gasteiger partial charge >= 0.3 is 0 Å². The van der Waals surface area contributed by atoms with E-state index in [2.05, 4.69) is 27.3 Å². The van der Waals surface area contributed by atoms with Gasteiger partial charge in [0, 0.05) is 15.7 Å². The second-order valence-corrected chi connectivity index (χ2v) is 5.86. The standard InChI is InChI=1S/C16H16BrNO2/c1-20-15-7-6-11(17)9-12(15)16(19)14-8-10-4-2-3-5-13(10)18-14/h2-7,9,14,16,18-19H,8H2,1H3. The summed E-state index contributed by atoms with van der Waals surface area (Å²) in [5.74, 6) is 0.707. The SMILES string of the molecule is COc1ccc(Br)cc1C(O)C1Cc2ccccc2N1. The Morgan fingerprint density at radius 1 is 1.30 bits per heavy atom. The monoisotopic (exact) mass is 333 g/mol. The van der Waals surface area contributed by atoms with Gasteiger partial charge in [-0.25, -0.2) is 0 Å². The largest absolute Gasteiger partial charge is 0.496 e. The minimum absolute atomic E-state index is 0.0319. The van der Waals surface area contributed by atoms with Crippen molar-refractivity contribution in [2.24, 2.45) is 0 Å². The molecule has 3 nitrogen and oxygen atoms in total. The second-order valence-electron chi connectivity index (χ2n) is 4.94. The average Bonchev–Trinajstić information content (AvgIpc) is 2.90. The molecular weight excluding hydrogens is 318 g/mol. The van der Waals surface area contributed by atoms with Crippen molar-refractivity contribution in [1.29, 1.82) is 0 Å². The molecule has 4 heteroatoms. The highest BCUT2D eigenvalue weighted by Gasteiger charge is 2.29. The van der Waals surface area contributed by atoms with Gasteiger partial charge in [-0.3, -0.25) is 0 Å². The van der Waals surface area contributed by atoms with E-state index < -0.39 is 6.10 Å². The number of aliphatic hydroxyl groups is 1. The Morgan fingerprint density at radius 2 is 2.10 bits per heavy atom. The van der Waals surface area contributed by atoms with Gasteiger partial charge in [-0.15, -0.1) is 0 Å². The first-order chi connectivity index (χ1) is 9.69. The number of anilines is 1. The van der Waals surface area contributed by atoms with Gasteiger partial charge in [-0.05, 0) is 36.2 Å². The smallest absolute Gasteiger partial charge is 0.124 e. The van der Waals surface area contributed by atoms with Crippen LogP contribution in [-0.4, -0.2) is 18.3 Å². The van der Waals surface area contributed by atoms with E-state index in [-0.39, 0.29) is 6.04 Å². The number of rotatable bonds is 3. The van der Waals surface area contributed by atoms with Crippen LogP contribution in [0.5, 0.6) is 5.75 Å². The Balaban J connectivity index is 1.88. The third-order valence-electron chi connectivity index (χ3n) is 3.69. The lowest BCUT2D eigenvalue weighted by Gasteiger charge is -2.21. The normalized spacial score (nSPS) is 18.2. The van der Waals surface area contributed by atoms with Gasteiger partial charge < -0.3 is 15.2 Å². The molecule has 3 rings (SSSR count). The van der Waals surface area contributed by atoms with Crippen molar-refractivity contribution in [3.8, 4) is 5.75 Å². The zero-order chi connectivity index (χ0) is 14.1. The van der Waals surface area contributed by atoms with Crippen LogP contribution < -0.4 is 10.1 Å². The van der Waals surface area contributed by atoms with E-state index >= 15 is 0 Å². The van der Waals surface area contributed by atoms with Crippen LogP contribution in [0, 0.1) is 0 Å². The number of para-hydroxylation sites is 1. The van der Waals surface area contributed by atoms with Crippen molar-refractivity contribution >= 4 is 21.6 Å². The highest BCUT2D eigenvalue weighted by Crippen LogP contribution is 2.36. The number of fused-ring (bicyclic) bond motifs is 1. The number of hydrogen-bond acceptors (Lipinski definition) is 3. The topological polar surface area (TPSA) is 41.5 Å². The zero-order valence-corrected chi connectivity index (χ0v) is 12.7. The predicted molar refractivity (Wildman–Crippen MR) is 83.2 cm³/mol. The van der Waals surface area contributed by atoms with E-state index in [1.807, 2.05) is 36.4 Å². The summed E-state index contributed by atoms with van der Waals surface area (Å²) in [5, 5.41) is 14.0. The van der Waals surface area contributed by atoms with Crippen LogP contribution >= 0.6 is 15.9 Å². The molecule has 0 aromatic heterocycles. The van der Waals surface area contributed by atoms with Crippen LogP contribution in [-0.2, 0) is 6.42 Å². The number of hydrogen-bond donors (Lipinski definition) is 2. The molecule has 2 aromatic carbocycles. The third kappa shape index (κ3) is 2.41. The maximum absolute atomic E-state index is 10.7. The summed E-state index contributed by atoms with van der Waals surface area (Å²) >= 11 is 3.44. The Labute approximate surface area is 126 Å². The van der Waals surface area contributed by atoms with Crippen molar-refractivity contribution in [2.75, 3.05) is 12.4 Å². The minimum atomic E-state index is -0.616. The molecule has 0 bridgehead atoms. The van der Waals surface area contributed by atoms with E-state index in [1.165, 1.54) is 5.56 Å². The van der Waals surface area contributed by atoms with Crippen LogP contribution in [0.3, 0.4) is 0 Å². The van der Waals surface area contributed by atoms with Crippen LogP contribution in [0.4, 0.5) is 5.69 Å². The van der Waals surface area contributed by atoms with Gasteiger partial charge in [0.2, 0.25) is 0 Å². The van der Waals surface area contributed by atoms with E-state index in [1.54, 1.807) is 7.11 Å². The molecule has 1 aliphatic rings. The Morgan fingerprint density at radius 3 is 2.85 bits per heavy atom. The first-order valence-corrected chi connectivity index (χ1v) is 7.34. The number of halogens is 1. The molecule has 1 heterocycles. The average molecular weight is 334 g/mol. The lowest BCUT2D eigenvalue weighted by molar-refractivity contribution is 0.153. The maximum Gasteiger partial charge on any atom is 0.124 e. The summed E-state index contributed by atoms with van der Waals surface area (Å²) in [7, 11) is 1.62. The summed E-state index contributed by atoms with van der Waals surface area (Å²) in [5.41, 5.74) is 3.14. The lowest BCUT2D eigenvalue weighted by atomic mass is 9.98. The molecule has 0 aliphatic carbocycles. The number of ether oxygens (including phenoxy) is 1. The number of aliphatic hydroxyl groups excluding tert-OH is 1. The van der Waals surface area contributed by atoms with Gasteiger partial charge in [0.1, 0.15) is 11.9 Å². The lowest BCUT2D eigenvalue weighted by Crippen LogP contribution is -2.25. The van der Waals surface area contributed by atoms with Gasteiger partial charge in [-0.1, -0.05) is 34.1 Å². The molecule has 2 unspecified atom stereocenters. The minimum Gasteiger partial charge on any atom is -0.496 e. The van der Waals surface area contributed by atoms with Crippen LogP contribution in [0.1, 0.15) is 17.2 Å². The molecule has 2 atom stereocenters. The van der Waals surface area contributed by atoms with Crippen molar-refractivity contribution < 1.29 is 9.84 Å². The van der Waals surface area contributed by atoms with Crippen molar-refractivity contribution in [1.82, 2.24) is 0 Å². The molecule has 104 valence electrons. The molecular formula is C16H16BrNO2. The maximum atomic E-state index is 10.7. The van der Waals surface area contributed by atoms with Gasteiger partial charge in [0.15, 0.2) is 0 Å². The summed E-state index contributed by atoms with van der Waals surface area (Å²) in [6.45, 7) is 0. The van der Waals surface area contributed by atoms with Crippen molar-refractivity contribution in [2.45, 2.75) is 18.6 Å². The Bertz CT molecular complexity index is 605. The zero-order valence-electron chi connectivity index (χ0n) is 11.1. The molecule has 0 saturated carbocycles. The number of benzene rings is 2. The first-order valence-electron chi connectivity index (χ1n) is 6.55. The van der Waals surface area contributed by atoms with E-state index in [0.29, 0.717) is 5.75 Å². The van der Waals surface area contributed by atoms with E-state index in [9.17, 15) is 5.11 Å². The van der Waals surface area contributed by atoms with Gasteiger partial charge in [0.05, 0.1) is 13.2 Å². The molecule has 2 aromatic rings. The van der Waals surface area contributed by atoms with Gasteiger partial charge in [0.25, 0.3) is 0 Å². The number of methoxy groups -OCH3 is 1. The summed E-state index contributed by atoms with van der Waals surface area (Å²) in [6, 6.07) is 13.8. The molecule has 1 aliphatic heterocycles. The second kappa shape index (κ2) is 5.46. The fourth-order valence-corrected chi connectivity index (χ4v) is 3.05. The highest BCUT2D eigenvalue weighted by atomic mass is 79.9. The van der Waals surface area contributed by atoms with Crippen LogP contribution in [0.15, 0.2) is 46.9 Å². The van der Waals surface area contributed by atoms with Crippen molar-refractivity contribution in [3.05, 3.63) is 58.1 Å². The molecule has 20 heavy (non-hydrogen) atoms.